The summed E-state index contributed by atoms with van der Waals surface area (Å²) in [6.45, 7) is 1.69. The molecule has 1 aliphatic heterocycles. The Morgan fingerprint density at radius 3 is 2.70 bits per heavy atom. The zero-order chi connectivity index (χ0) is 16.1. The first-order valence-electron chi connectivity index (χ1n) is 7.67. The third kappa shape index (κ3) is 3.57. The second-order valence-electron chi connectivity index (χ2n) is 5.35. The molecule has 5 heteroatoms. The Kier molecular flexibility index (Phi) is 5.00. The van der Waals surface area contributed by atoms with Crippen LogP contribution in [0.15, 0.2) is 42.5 Å². The summed E-state index contributed by atoms with van der Waals surface area (Å²) in [6, 6.07) is 13.7. The van der Waals surface area contributed by atoms with Crippen molar-refractivity contribution in [2.24, 2.45) is 0 Å². The highest BCUT2D eigenvalue weighted by Gasteiger charge is 2.19. The van der Waals surface area contributed by atoms with Gasteiger partial charge >= 0.3 is 0 Å². The molecule has 5 nitrogen and oxygen atoms in total. The van der Waals surface area contributed by atoms with Crippen LogP contribution in [0, 0.1) is 0 Å². The van der Waals surface area contributed by atoms with Gasteiger partial charge in [0.05, 0.1) is 19.8 Å². The highest BCUT2D eigenvalue weighted by atomic mass is 16.6. The van der Waals surface area contributed by atoms with E-state index in [9.17, 15) is 5.11 Å². The summed E-state index contributed by atoms with van der Waals surface area (Å²) in [7, 11) is 1.62. The number of nitrogens with one attached hydrogen (secondary N) is 1. The number of aliphatic hydroxyl groups is 1. The van der Waals surface area contributed by atoms with E-state index in [-0.39, 0.29) is 12.6 Å². The summed E-state index contributed by atoms with van der Waals surface area (Å²) in [6.07, 6.45) is 0. The van der Waals surface area contributed by atoms with Crippen LogP contribution >= 0.6 is 0 Å². The smallest absolute Gasteiger partial charge is 0.203 e. The molecule has 23 heavy (non-hydrogen) atoms. The fraction of sp³-hybridized carbons (Fsp3) is 0.333. The lowest BCUT2D eigenvalue weighted by atomic mass is 10.1. The molecule has 0 saturated carbocycles. The Morgan fingerprint density at radius 1 is 1.17 bits per heavy atom. The Hall–Kier alpha value is -2.24. The summed E-state index contributed by atoms with van der Waals surface area (Å²) >= 11 is 0. The minimum Gasteiger partial charge on any atom is -0.493 e. The Morgan fingerprint density at radius 2 is 1.96 bits per heavy atom. The van der Waals surface area contributed by atoms with Crippen molar-refractivity contribution < 1.29 is 19.3 Å². The molecule has 0 fully saturated rings. The standard InChI is InChI=1S/C18H21NO4/c1-21-16-9-13(10-17-18(16)23-8-7-22-17)11-19-15(12-20)14-5-3-2-4-6-14/h2-6,9-10,15,19-20H,7-8,11-12H2,1H3. The second-order valence-corrected chi connectivity index (χ2v) is 5.35. The van der Waals surface area contributed by atoms with Crippen molar-refractivity contribution in [2.45, 2.75) is 12.6 Å². The molecule has 1 aliphatic rings. The first-order valence-corrected chi connectivity index (χ1v) is 7.67. The minimum atomic E-state index is -0.115. The van der Waals surface area contributed by atoms with Crippen LogP contribution in [0.3, 0.4) is 0 Å². The van der Waals surface area contributed by atoms with Crippen molar-refractivity contribution in [2.75, 3.05) is 26.9 Å². The van der Waals surface area contributed by atoms with Gasteiger partial charge in [-0.3, -0.25) is 0 Å². The van der Waals surface area contributed by atoms with Gasteiger partial charge in [-0.25, -0.2) is 0 Å². The van der Waals surface area contributed by atoms with Crippen LogP contribution in [0.1, 0.15) is 17.2 Å². The molecule has 122 valence electrons. The molecule has 2 N–H and O–H groups in total. The van der Waals surface area contributed by atoms with Crippen molar-refractivity contribution >= 4 is 0 Å². The Balaban J connectivity index is 1.75. The SMILES string of the molecule is COc1cc(CNC(CO)c2ccccc2)cc2c1OCCO2. The molecule has 0 amide bonds. The van der Waals surface area contributed by atoms with Gasteiger partial charge in [0.15, 0.2) is 11.5 Å². The maximum Gasteiger partial charge on any atom is 0.203 e. The van der Waals surface area contributed by atoms with Gasteiger partial charge < -0.3 is 24.6 Å². The monoisotopic (exact) mass is 315 g/mol. The first kappa shape index (κ1) is 15.6. The van der Waals surface area contributed by atoms with Gasteiger partial charge in [0.25, 0.3) is 0 Å². The maximum absolute atomic E-state index is 9.62. The molecule has 0 radical (unpaired) electrons. The van der Waals surface area contributed by atoms with E-state index >= 15 is 0 Å². The fourth-order valence-corrected chi connectivity index (χ4v) is 2.64. The van der Waals surface area contributed by atoms with E-state index in [0.29, 0.717) is 37.0 Å². The van der Waals surface area contributed by atoms with Crippen molar-refractivity contribution in [1.82, 2.24) is 5.32 Å². The molecule has 3 rings (SSSR count). The molecular formula is C18H21NO4. The largest absolute Gasteiger partial charge is 0.493 e. The predicted octanol–water partition coefficient (Wildman–Crippen LogP) is 2.29. The molecule has 2 aromatic carbocycles. The van der Waals surface area contributed by atoms with E-state index in [1.165, 1.54) is 0 Å². The number of aliphatic hydroxyl groups excluding tert-OH is 1. The van der Waals surface area contributed by atoms with Gasteiger partial charge in [-0.2, -0.15) is 0 Å². The molecule has 0 spiro atoms. The normalized spacial score (nSPS) is 14.3. The maximum atomic E-state index is 9.62. The van der Waals surface area contributed by atoms with Crippen LogP contribution in [0.5, 0.6) is 17.2 Å². The molecule has 1 heterocycles. The fourth-order valence-electron chi connectivity index (χ4n) is 2.64. The number of benzene rings is 2. The lowest BCUT2D eigenvalue weighted by Crippen LogP contribution is -2.24. The molecule has 0 aromatic heterocycles. The van der Waals surface area contributed by atoms with E-state index in [0.717, 1.165) is 11.1 Å². The average Bonchev–Trinajstić information content (AvgIpc) is 2.62. The first-order chi connectivity index (χ1) is 11.3. The van der Waals surface area contributed by atoms with Crippen LogP contribution in [-0.2, 0) is 6.54 Å². The van der Waals surface area contributed by atoms with Crippen molar-refractivity contribution in [3.05, 3.63) is 53.6 Å². The lowest BCUT2D eigenvalue weighted by Gasteiger charge is -2.22. The molecule has 0 saturated heterocycles. The molecule has 2 aromatic rings. The molecule has 0 aliphatic carbocycles. The third-order valence-corrected chi connectivity index (χ3v) is 3.82. The highest BCUT2D eigenvalue weighted by Crippen LogP contribution is 2.40. The summed E-state index contributed by atoms with van der Waals surface area (Å²) in [5, 5.41) is 13.0. The van der Waals surface area contributed by atoms with Gasteiger partial charge in [0.2, 0.25) is 5.75 Å². The highest BCUT2D eigenvalue weighted by molar-refractivity contribution is 5.54. The summed E-state index contributed by atoms with van der Waals surface area (Å²) in [5.74, 6) is 2.02. The van der Waals surface area contributed by atoms with Crippen LogP contribution in [0.4, 0.5) is 0 Å². The molecular weight excluding hydrogens is 294 g/mol. The van der Waals surface area contributed by atoms with Gasteiger partial charge in [-0.05, 0) is 23.3 Å². The van der Waals surface area contributed by atoms with E-state index in [1.54, 1.807) is 7.11 Å². The zero-order valence-electron chi connectivity index (χ0n) is 13.1. The van der Waals surface area contributed by atoms with E-state index in [1.807, 2.05) is 42.5 Å². The number of rotatable bonds is 6. The number of fused-ring (bicyclic) bond motifs is 1. The third-order valence-electron chi connectivity index (χ3n) is 3.82. The molecule has 1 atom stereocenters. The average molecular weight is 315 g/mol. The second kappa shape index (κ2) is 7.35. The zero-order valence-corrected chi connectivity index (χ0v) is 13.1. The molecule has 0 bridgehead atoms. The van der Waals surface area contributed by atoms with Gasteiger partial charge in [0.1, 0.15) is 13.2 Å². The summed E-state index contributed by atoms with van der Waals surface area (Å²) in [5.41, 5.74) is 2.07. The van der Waals surface area contributed by atoms with Gasteiger partial charge in [-0.1, -0.05) is 30.3 Å². The van der Waals surface area contributed by atoms with E-state index in [2.05, 4.69) is 5.32 Å². The van der Waals surface area contributed by atoms with Crippen molar-refractivity contribution in [3.63, 3.8) is 0 Å². The summed E-state index contributed by atoms with van der Waals surface area (Å²) in [4.78, 5) is 0. The molecule has 1 unspecified atom stereocenters. The van der Waals surface area contributed by atoms with Gasteiger partial charge in [-0.15, -0.1) is 0 Å². The number of hydrogen-bond acceptors (Lipinski definition) is 5. The van der Waals surface area contributed by atoms with Crippen molar-refractivity contribution in [1.29, 1.82) is 0 Å². The predicted molar refractivity (Wildman–Crippen MR) is 87.1 cm³/mol. The number of methoxy groups -OCH3 is 1. The van der Waals surface area contributed by atoms with Gasteiger partial charge in [0, 0.05) is 6.54 Å². The van der Waals surface area contributed by atoms with E-state index < -0.39 is 0 Å². The number of ether oxygens (including phenoxy) is 3. The van der Waals surface area contributed by atoms with Crippen LogP contribution in [0.25, 0.3) is 0 Å². The van der Waals surface area contributed by atoms with Crippen LogP contribution in [0.2, 0.25) is 0 Å². The minimum absolute atomic E-state index is 0.0334. The van der Waals surface area contributed by atoms with Crippen LogP contribution in [-0.4, -0.2) is 32.0 Å². The van der Waals surface area contributed by atoms with Crippen molar-refractivity contribution in [3.8, 4) is 17.2 Å². The lowest BCUT2D eigenvalue weighted by molar-refractivity contribution is 0.165. The van der Waals surface area contributed by atoms with E-state index in [4.69, 9.17) is 14.2 Å². The Bertz CT molecular complexity index is 628. The summed E-state index contributed by atoms with van der Waals surface area (Å²) < 4.78 is 16.6. The quantitative estimate of drug-likeness (QED) is 0.856. The van der Waals surface area contributed by atoms with Crippen LogP contribution < -0.4 is 19.5 Å². The number of hydrogen-bond donors (Lipinski definition) is 2. The Labute approximate surface area is 135 Å². The topological polar surface area (TPSA) is 60.0 Å².